The van der Waals surface area contributed by atoms with Crippen molar-refractivity contribution in [1.29, 1.82) is 0 Å². The number of carbonyl (C=O) groups is 1. The van der Waals surface area contributed by atoms with Crippen LogP contribution in [-0.4, -0.2) is 39.1 Å². The average molecular weight is 395 g/mol. The lowest BCUT2D eigenvalue weighted by Gasteiger charge is -2.20. The minimum absolute atomic E-state index is 0.216. The normalized spacial score (nSPS) is 17.5. The highest BCUT2D eigenvalue weighted by Gasteiger charge is 2.44. The zero-order chi connectivity index (χ0) is 19.5. The Kier molecular flexibility index (Phi) is 4.09. The molecule has 1 aliphatic carbocycles. The molecule has 0 saturated heterocycles. The fraction of sp³-hybridized carbons (Fsp3) is 0.455. The first-order valence-corrected chi connectivity index (χ1v) is 11.3. The summed E-state index contributed by atoms with van der Waals surface area (Å²) in [5.41, 5.74) is 7.78. The number of aromatic nitrogens is 3. The second-order valence-electron chi connectivity index (χ2n) is 8.30. The first-order valence-electron chi connectivity index (χ1n) is 10.1. The van der Waals surface area contributed by atoms with Gasteiger partial charge in [-0.05, 0) is 67.7 Å². The van der Waals surface area contributed by atoms with Crippen LogP contribution in [0.3, 0.4) is 0 Å². The maximum absolute atomic E-state index is 13.1. The summed E-state index contributed by atoms with van der Waals surface area (Å²) in [7, 11) is 0. The number of hydrogen-bond donors (Lipinski definition) is 2. The van der Waals surface area contributed by atoms with Crippen LogP contribution in [0.4, 0.5) is 5.69 Å². The molecule has 0 radical (unpaired) electrons. The highest BCUT2D eigenvalue weighted by atomic mass is 32.2. The van der Waals surface area contributed by atoms with E-state index in [9.17, 15) is 4.79 Å². The molecule has 0 fully saturated rings. The first kappa shape index (κ1) is 17.9. The Morgan fingerprint density at radius 2 is 2.11 bits per heavy atom. The lowest BCUT2D eigenvalue weighted by Crippen LogP contribution is -2.37. The Labute approximate surface area is 169 Å². The summed E-state index contributed by atoms with van der Waals surface area (Å²) < 4.78 is 0. The van der Waals surface area contributed by atoms with Crippen LogP contribution in [0.1, 0.15) is 43.9 Å². The molecule has 1 amide bonds. The van der Waals surface area contributed by atoms with Gasteiger partial charge >= 0.3 is 0 Å². The quantitative estimate of drug-likeness (QED) is 0.644. The molecule has 1 aliphatic heterocycles. The van der Waals surface area contributed by atoms with Crippen molar-refractivity contribution < 1.29 is 4.79 Å². The lowest BCUT2D eigenvalue weighted by molar-refractivity contribution is -0.122. The molecular formula is C22H26N4OS. The van der Waals surface area contributed by atoms with Gasteiger partial charge < -0.3 is 9.88 Å². The molecule has 3 aromatic rings. The minimum Gasteiger partial charge on any atom is -0.353 e. The molecule has 3 heterocycles. The number of amides is 1. The number of H-pyrrole nitrogens is 2. The molecule has 0 atom stereocenters. The van der Waals surface area contributed by atoms with Crippen LogP contribution in [-0.2, 0) is 23.1 Å². The van der Waals surface area contributed by atoms with E-state index in [-0.39, 0.29) is 5.91 Å². The van der Waals surface area contributed by atoms with Crippen LogP contribution in [0.2, 0.25) is 0 Å². The van der Waals surface area contributed by atoms with Crippen molar-refractivity contribution in [3.63, 3.8) is 0 Å². The van der Waals surface area contributed by atoms with Gasteiger partial charge in [0.1, 0.15) is 0 Å². The third-order valence-corrected chi connectivity index (χ3v) is 7.15. The Hall–Kier alpha value is -2.21. The third-order valence-electron chi connectivity index (χ3n) is 6.27. The van der Waals surface area contributed by atoms with E-state index in [1.165, 1.54) is 22.2 Å². The summed E-state index contributed by atoms with van der Waals surface area (Å²) in [6, 6.07) is 4.46. The molecule has 0 unspecified atom stereocenters. The topological polar surface area (TPSA) is 64.8 Å². The molecule has 28 heavy (non-hydrogen) atoms. The van der Waals surface area contributed by atoms with Gasteiger partial charge in [-0.3, -0.25) is 9.89 Å². The number of benzene rings is 1. The largest absolute Gasteiger partial charge is 0.353 e. The highest BCUT2D eigenvalue weighted by molar-refractivity contribution is 7.99. The average Bonchev–Trinajstić information content (AvgIpc) is 3.29. The fourth-order valence-electron chi connectivity index (χ4n) is 4.74. The van der Waals surface area contributed by atoms with Gasteiger partial charge in [-0.1, -0.05) is 6.92 Å². The van der Waals surface area contributed by atoms with Gasteiger partial charge in [0.05, 0.1) is 23.0 Å². The van der Waals surface area contributed by atoms with E-state index < -0.39 is 5.41 Å². The van der Waals surface area contributed by atoms with Gasteiger partial charge in [-0.2, -0.15) is 16.9 Å². The summed E-state index contributed by atoms with van der Waals surface area (Å²) >= 11 is 1.88. The SMILES string of the molecule is CCSCCN1C(=O)C(C)(C)c2cc3[nH]c4c(c3cc21)CCCc1cn[nH]c1-4. The Bertz CT molecular complexity index is 1080. The lowest BCUT2D eigenvalue weighted by atomic mass is 9.85. The summed E-state index contributed by atoms with van der Waals surface area (Å²) in [6.45, 7) is 7.04. The minimum atomic E-state index is -0.484. The van der Waals surface area contributed by atoms with E-state index in [0.29, 0.717) is 0 Å². The predicted octanol–water partition coefficient (Wildman–Crippen LogP) is 4.42. The Morgan fingerprint density at radius 3 is 2.93 bits per heavy atom. The van der Waals surface area contributed by atoms with Crippen molar-refractivity contribution in [1.82, 2.24) is 15.2 Å². The van der Waals surface area contributed by atoms with Gasteiger partial charge in [0.2, 0.25) is 5.91 Å². The number of anilines is 1. The number of thioether (sulfide) groups is 1. The standard InChI is InChI=1S/C22H26N4OS/c1-4-28-9-8-26-18-10-15-14-7-5-6-13-12-23-25-19(13)20(14)24-17(15)11-16(18)22(2,3)21(26)27/h10-12,24H,4-9H2,1-3H3,(H,23,25). The van der Waals surface area contributed by atoms with Crippen LogP contribution in [0.5, 0.6) is 0 Å². The number of fused-ring (bicyclic) bond motifs is 6. The van der Waals surface area contributed by atoms with Crippen molar-refractivity contribution in [2.45, 2.75) is 45.4 Å². The molecule has 0 saturated carbocycles. The predicted molar refractivity (Wildman–Crippen MR) is 116 cm³/mol. The smallest absolute Gasteiger partial charge is 0.237 e. The summed E-state index contributed by atoms with van der Waals surface area (Å²) in [5.74, 6) is 2.27. The van der Waals surface area contributed by atoms with E-state index in [1.54, 1.807) is 0 Å². The fourth-order valence-corrected chi connectivity index (χ4v) is 5.34. The van der Waals surface area contributed by atoms with Crippen LogP contribution >= 0.6 is 11.8 Å². The van der Waals surface area contributed by atoms with Crippen molar-refractivity contribution in [3.05, 3.63) is 35.0 Å². The molecule has 146 valence electrons. The monoisotopic (exact) mass is 394 g/mol. The van der Waals surface area contributed by atoms with Crippen LogP contribution in [0, 0.1) is 0 Å². The molecule has 2 aromatic heterocycles. The van der Waals surface area contributed by atoms with Crippen LogP contribution < -0.4 is 4.90 Å². The molecule has 1 aromatic carbocycles. The number of aryl methyl sites for hydroxylation is 2. The van der Waals surface area contributed by atoms with E-state index >= 15 is 0 Å². The molecular weight excluding hydrogens is 368 g/mol. The molecule has 2 aliphatic rings. The molecule has 0 spiro atoms. The number of carbonyl (C=O) groups excluding carboxylic acids is 1. The van der Waals surface area contributed by atoms with Gasteiger partial charge in [0.15, 0.2) is 0 Å². The van der Waals surface area contributed by atoms with Gasteiger partial charge in [-0.15, -0.1) is 0 Å². The van der Waals surface area contributed by atoms with Crippen LogP contribution in [0.25, 0.3) is 22.3 Å². The molecule has 2 N–H and O–H groups in total. The second-order valence-corrected chi connectivity index (χ2v) is 9.69. The van der Waals surface area contributed by atoms with E-state index in [2.05, 4.69) is 34.2 Å². The van der Waals surface area contributed by atoms with Crippen molar-refractivity contribution in [3.8, 4) is 11.4 Å². The molecule has 5 nitrogen and oxygen atoms in total. The van der Waals surface area contributed by atoms with E-state index in [0.717, 1.165) is 59.8 Å². The first-order chi connectivity index (χ1) is 13.5. The second kappa shape index (κ2) is 6.41. The van der Waals surface area contributed by atoms with Gasteiger partial charge in [0, 0.05) is 28.9 Å². The molecule has 6 heteroatoms. The number of nitrogens with zero attached hydrogens (tertiary/aromatic N) is 2. The number of aromatic amines is 2. The van der Waals surface area contributed by atoms with E-state index in [4.69, 9.17) is 0 Å². The molecule has 5 rings (SSSR count). The highest BCUT2D eigenvalue weighted by Crippen LogP contribution is 2.46. The summed E-state index contributed by atoms with van der Waals surface area (Å²) in [6.07, 6.45) is 5.15. The number of nitrogens with one attached hydrogen (secondary N) is 2. The van der Waals surface area contributed by atoms with Crippen molar-refractivity contribution in [2.75, 3.05) is 23.0 Å². The molecule has 0 bridgehead atoms. The van der Waals surface area contributed by atoms with E-state index in [1.807, 2.05) is 36.7 Å². The summed E-state index contributed by atoms with van der Waals surface area (Å²) in [5, 5.41) is 8.70. The van der Waals surface area contributed by atoms with Crippen molar-refractivity contribution >= 4 is 34.3 Å². The van der Waals surface area contributed by atoms with Crippen molar-refractivity contribution in [2.24, 2.45) is 0 Å². The number of rotatable bonds is 4. The maximum atomic E-state index is 13.1. The maximum Gasteiger partial charge on any atom is 0.237 e. The zero-order valence-electron chi connectivity index (χ0n) is 16.7. The Balaban J connectivity index is 1.67. The van der Waals surface area contributed by atoms with Crippen LogP contribution in [0.15, 0.2) is 18.3 Å². The third kappa shape index (κ3) is 2.47. The summed E-state index contributed by atoms with van der Waals surface area (Å²) in [4.78, 5) is 18.8. The zero-order valence-corrected chi connectivity index (χ0v) is 17.5. The number of hydrogen-bond acceptors (Lipinski definition) is 3. The van der Waals surface area contributed by atoms with Gasteiger partial charge in [0.25, 0.3) is 0 Å². The van der Waals surface area contributed by atoms with Gasteiger partial charge in [-0.25, -0.2) is 0 Å². The Morgan fingerprint density at radius 1 is 1.25 bits per heavy atom.